The third-order valence-corrected chi connectivity index (χ3v) is 3.55. The Balaban J connectivity index is 2.55. The van der Waals surface area contributed by atoms with Gasteiger partial charge in [-0.2, -0.15) is 0 Å². The van der Waals surface area contributed by atoms with Crippen molar-refractivity contribution in [2.45, 2.75) is 40.2 Å². The first kappa shape index (κ1) is 17.0. The third kappa shape index (κ3) is 5.51. The van der Waals surface area contributed by atoms with Gasteiger partial charge in [-0.1, -0.05) is 22.9 Å². The summed E-state index contributed by atoms with van der Waals surface area (Å²) in [6, 6.07) is 3.73. The second kappa shape index (κ2) is 7.64. The molecule has 0 heterocycles. The Kier molecular flexibility index (Phi) is 6.49. The van der Waals surface area contributed by atoms with Crippen molar-refractivity contribution in [1.29, 1.82) is 0 Å². The van der Waals surface area contributed by atoms with Crippen LogP contribution in [0.1, 0.15) is 31.4 Å². The van der Waals surface area contributed by atoms with Gasteiger partial charge in [0.05, 0.1) is 6.10 Å². The standard InChI is InChI=1S/C15H23BrN2O2/c1-9(5-12(4)19)8-17-15(20)18-14-10(2)6-13(16)7-11(14)3/h6-7,9,12,19H,5,8H2,1-4H3,(H2,17,18,20). The molecule has 1 rings (SSSR count). The van der Waals surface area contributed by atoms with E-state index >= 15 is 0 Å². The lowest BCUT2D eigenvalue weighted by molar-refractivity contribution is 0.163. The van der Waals surface area contributed by atoms with Crippen LogP contribution < -0.4 is 10.6 Å². The summed E-state index contributed by atoms with van der Waals surface area (Å²) in [5.41, 5.74) is 2.88. The minimum atomic E-state index is -0.342. The van der Waals surface area contributed by atoms with Gasteiger partial charge in [0.2, 0.25) is 0 Å². The Labute approximate surface area is 129 Å². The summed E-state index contributed by atoms with van der Waals surface area (Å²) in [5, 5.41) is 15.0. The predicted molar refractivity (Wildman–Crippen MR) is 86.1 cm³/mol. The van der Waals surface area contributed by atoms with Gasteiger partial charge in [-0.3, -0.25) is 0 Å². The fraction of sp³-hybridized carbons (Fsp3) is 0.533. The fourth-order valence-electron chi connectivity index (χ4n) is 2.20. The first-order valence-corrected chi connectivity index (χ1v) is 7.58. The zero-order valence-electron chi connectivity index (χ0n) is 12.5. The van der Waals surface area contributed by atoms with Crippen LogP contribution in [0.3, 0.4) is 0 Å². The molecule has 20 heavy (non-hydrogen) atoms. The molecular formula is C15H23BrN2O2. The molecule has 0 saturated carbocycles. The van der Waals surface area contributed by atoms with Gasteiger partial charge in [0.25, 0.3) is 0 Å². The Morgan fingerprint density at radius 1 is 1.30 bits per heavy atom. The maximum Gasteiger partial charge on any atom is 0.319 e. The SMILES string of the molecule is Cc1cc(Br)cc(C)c1NC(=O)NCC(C)CC(C)O. The van der Waals surface area contributed by atoms with E-state index in [-0.39, 0.29) is 18.1 Å². The van der Waals surface area contributed by atoms with Gasteiger partial charge in [0.1, 0.15) is 0 Å². The fourth-order valence-corrected chi connectivity index (χ4v) is 2.88. The molecule has 4 nitrogen and oxygen atoms in total. The van der Waals surface area contributed by atoms with Gasteiger partial charge < -0.3 is 15.7 Å². The molecule has 112 valence electrons. The summed E-state index contributed by atoms with van der Waals surface area (Å²) in [7, 11) is 0. The molecule has 0 saturated heterocycles. The first-order valence-electron chi connectivity index (χ1n) is 6.79. The summed E-state index contributed by atoms with van der Waals surface area (Å²) in [6.07, 6.45) is 0.335. The van der Waals surface area contributed by atoms with Gasteiger partial charge in [0, 0.05) is 16.7 Å². The minimum Gasteiger partial charge on any atom is -0.393 e. The molecule has 0 bridgehead atoms. The topological polar surface area (TPSA) is 61.4 Å². The van der Waals surface area contributed by atoms with E-state index in [0.29, 0.717) is 13.0 Å². The van der Waals surface area contributed by atoms with Gasteiger partial charge >= 0.3 is 6.03 Å². The minimum absolute atomic E-state index is 0.212. The van der Waals surface area contributed by atoms with Gasteiger partial charge in [-0.25, -0.2) is 4.79 Å². The van der Waals surface area contributed by atoms with Crippen LogP contribution in [0.15, 0.2) is 16.6 Å². The summed E-state index contributed by atoms with van der Waals surface area (Å²) >= 11 is 3.43. The lowest BCUT2D eigenvalue weighted by Gasteiger charge is -2.16. The van der Waals surface area contributed by atoms with Crippen LogP contribution in [0.4, 0.5) is 10.5 Å². The van der Waals surface area contributed by atoms with Gasteiger partial charge in [0.15, 0.2) is 0 Å². The molecule has 2 atom stereocenters. The van der Waals surface area contributed by atoms with Crippen LogP contribution in [0.25, 0.3) is 0 Å². The largest absolute Gasteiger partial charge is 0.393 e. The number of carbonyl (C=O) groups excluding carboxylic acids is 1. The summed E-state index contributed by atoms with van der Waals surface area (Å²) in [5.74, 6) is 0.243. The molecule has 1 aromatic carbocycles. The Bertz CT molecular complexity index is 452. The Morgan fingerprint density at radius 2 is 1.85 bits per heavy atom. The average Bonchev–Trinajstić information content (AvgIpc) is 2.30. The number of amides is 2. The molecule has 0 radical (unpaired) electrons. The van der Waals surface area contributed by atoms with Gasteiger partial charge in [-0.15, -0.1) is 0 Å². The molecule has 3 N–H and O–H groups in total. The molecular weight excluding hydrogens is 320 g/mol. The van der Waals surface area contributed by atoms with E-state index in [1.165, 1.54) is 0 Å². The monoisotopic (exact) mass is 342 g/mol. The van der Waals surface area contributed by atoms with Crippen LogP contribution in [0.5, 0.6) is 0 Å². The van der Waals surface area contributed by atoms with E-state index in [4.69, 9.17) is 0 Å². The maximum atomic E-state index is 11.9. The molecule has 0 aliphatic carbocycles. The van der Waals surface area contributed by atoms with Crippen molar-refractivity contribution in [3.05, 3.63) is 27.7 Å². The number of carbonyl (C=O) groups is 1. The molecule has 0 fully saturated rings. The summed E-state index contributed by atoms with van der Waals surface area (Å²) in [4.78, 5) is 11.9. The highest BCUT2D eigenvalue weighted by Gasteiger charge is 2.10. The van der Waals surface area contributed by atoms with E-state index in [2.05, 4.69) is 26.6 Å². The average molecular weight is 343 g/mol. The lowest BCUT2D eigenvalue weighted by Crippen LogP contribution is -2.33. The zero-order valence-corrected chi connectivity index (χ0v) is 14.0. The number of urea groups is 1. The number of rotatable bonds is 5. The second-order valence-corrected chi connectivity index (χ2v) is 6.36. The Hall–Kier alpha value is -1.07. The zero-order chi connectivity index (χ0) is 15.3. The quantitative estimate of drug-likeness (QED) is 0.765. The molecule has 0 aromatic heterocycles. The summed E-state index contributed by atoms with van der Waals surface area (Å²) in [6.45, 7) is 8.23. The van der Waals surface area contributed by atoms with Crippen LogP contribution in [0, 0.1) is 19.8 Å². The smallest absolute Gasteiger partial charge is 0.319 e. The number of aliphatic hydroxyl groups excluding tert-OH is 1. The highest BCUT2D eigenvalue weighted by molar-refractivity contribution is 9.10. The van der Waals surface area contributed by atoms with Crippen molar-refractivity contribution in [2.75, 3.05) is 11.9 Å². The molecule has 5 heteroatoms. The van der Waals surface area contributed by atoms with Crippen LogP contribution in [-0.4, -0.2) is 23.8 Å². The Morgan fingerprint density at radius 3 is 2.35 bits per heavy atom. The molecule has 0 aliphatic rings. The van der Waals surface area contributed by atoms with Crippen molar-refractivity contribution in [3.8, 4) is 0 Å². The second-order valence-electron chi connectivity index (χ2n) is 5.44. The molecule has 0 aliphatic heterocycles. The molecule has 2 amide bonds. The molecule has 0 spiro atoms. The van der Waals surface area contributed by atoms with E-state index in [1.54, 1.807) is 6.92 Å². The van der Waals surface area contributed by atoms with E-state index < -0.39 is 0 Å². The number of aliphatic hydroxyl groups is 1. The number of hydrogen-bond donors (Lipinski definition) is 3. The molecule has 1 aromatic rings. The van der Waals surface area contributed by atoms with E-state index in [1.807, 2.05) is 32.9 Å². The maximum absolute atomic E-state index is 11.9. The molecule has 2 unspecified atom stereocenters. The highest BCUT2D eigenvalue weighted by Crippen LogP contribution is 2.24. The first-order chi connectivity index (χ1) is 9.29. The third-order valence-electron chi connectivity index (χ3n) is 3.09. The van der Waals surface area contributed by atoms with Crippen molar-refractivity contribution >= 4 is 27.6 Å². The van der Waals surface area contributed by atoms with Crippen LogP contribution in [0.2, 0.25) is 0 Å². The summed E-state index contributed by atoms with van der Waals surface area (Å²) < 4.78 is 1.00. The highest BCUT2D eigenvalue weighted by atomic mass is 79.9. The predicted octanol–water partition coefficient (Wildman–Crippen LogP) is 3.59. The number of hydrogen-bond acceptors (Lipinski definition) is 2. The lowest BCUT2D eigenvalue weighted by atomic mass is 10.1. The van der Waals surface area contributed by atoms with Crippen molar-refractivity contribution < 1.29 is 9.90 Å². The van der Waals surface area contributed by atoms with Crippen molar-refractivity contribution in [3.63, 3.8) is 0 Å². The number of aryl methyl sites for hydroxylation is 2. The van der Waals surface area contributed by atoms with E-state index in [0.717, 1.165) is 21.3 Å². The van der Waals surface area contributed by atoms with E-state index in [9.17, 15) is 9.90 Å². The normalized spacial score (nSPS) is 13.7. The van der Waals surface area contributed by atoms with Crippen LogP contribution >= 0.6 is 15.9 Å². The number of halogens is 1. The van der Waals surface area contributed by atoms with Crippen molar-refractivity contribution in [1.82, 2.24) is 5.32 Å². The van der Waals surface area contributed by atoms with Crippen molar-refractivity contribution in [2.24, 2.45) is 5.92 Å². The van der Waals surface area contributed by atoms with Gasteiger partial charge in [-0.05, 0) is 56.4 Å². The number of benzene rings is 1. The van der Waals surface area contributed by atoms with Crippen LogP contribution in [-0.2, 0) is 0 Å². The number of anilines is 1. The number of nitrogens with one attached hydrogen (secondary N) is 2.